The molecule has 0 N–H and O–H groups in total. The van der Waals surface area contributed by atoms with Gasteiger partial charge in [-0.25, -0.2) is 4.79 Å². The molecular formula is C22H20N2O6. The standard InChI is InChI=1S/C22H20N2O6/c1-14-20(22(26)30-3)17(21(25)23(14)13-15-7-5-4-6-8-15)11-16-9-10-19(29-2)18(12-16)24(27)28/h4-12H,13H2,1-3H3/b17-11-. The van der Waals surface area contributed by atoms with E-state index < -0.39 is 10.9 Å². The van der Waals surface area contributed by atoms with Gasteiger partial charge in [0.15, 0.2) is 5.75 Å². The summed E-state index contributed by atoms with van der Waals surface area (Å²) >= 11 is 0. The second kappa shape index (κ2) is 8.60. The summed E-state index contributed by atoms with van der Waals surface area (Å²) in [6, 6.07) is 13.7. The lowest BCUT2D eigenvalue weighted by Crippen LogP contribution is -2.24. The van der Waals surface area contributed by atoms with Gasteiger partial charge >= 0.3 is 11.7 Å². The summed E-state index contributed by atoms with van der Waals surface area (Å²) in [7, 11) is 2.58. The van der Waals surface area contributed by atoms with Crippen LogP contribution in [-0.2, 0) is 20.9 Å². The van der Waals surface area contributed by atoms with Gasteiger partial charge in [0, 0.05) is 11.8 Å². The Hall–Kier alpha value is -3.94. The number of carbonyl (C=O) groups excluding carboxylic acids is 2. The Morgan fingerprint density at radius 1 is 1.17 bits per heavy atom. The van der Waals surface area contributed by atoms with Gasteiger partial charge in [0.25, 0.3) is 5.91 Å². The van der Waals surface area contributed by atoms with Crippen molar-refractivity contribution in [2.24, 2.45) is 0 Å². The average molecular weight is 408 g/mol. The number of esters is 1. The Morgan fingerprint density at radius 2 is 1.87 bits per heavy atom. The van der Waals surface area contributed by atoms with E-state index in [0.29, 0.717) is 11.3 Å². The van der Waals surface area contributed by atoms with E-state index in [-0.39, 0.29) is 35.0 Å². The minimum absolute atomic E-state index is 0.102. The highest BCUT2D eigenvalue weighted by atomic mass is 16.6. The third-order valence-electron chi connectivity index (χ3n) is 4.80. The Balaban J connectivity index is 2.06. The van der Waals surface area contributed by atoms with Gasteiger partial charge in [0.05, 0.1) is 36.8 Å². The number of nitrogens with zero attached hydrogens (tertiary/aromatic N) is 2. The van der Waals surface area contributed by atoms with Crippen molar-refractivity contribution in [1.29, 1.82) is 0 Å². The summed E-state index contributed by atoms with van der Waals surface area (Å²) in [5, 5.41) is 11.3. The van der Waals surface area contributed by atoms with Crippen LogP contribution in [0.15, 0.2) is 65.4 Å². The maximum Gasteiger partial charge on any atom is 0.340 e. The fourth-order valence-electron chi connectivity index (χ4n) is 3.29. The third-order valence-corrected chi connectivity index (χ3v) is 4.80. The number of hydrogen-bond acceptors (Lipinski definition) is 6. The summed E-state index contributed by atoms with van der Waals surface area (Å²) in [6.45, 7) is 1.95. The number of benzene rings is 2. The van der Waals surface area contributed by atoms with Crippen LogP contribution in [0.3, 0.4) is 0 Å². The predicted octanol–water partition coefficient (Wildman–Crippen LogP) is 3.48. The predicted molar refractivity (Wildman–Crippen MR) is 109 cm³/mol. The average Bonchev–Trinajstić information content (AvgIpc) is 2.98. The van der Waals surface area contributed by atoms with Crippen LogP contribution in [0.4, 0.5) is 5.69 Å². The molecule has 0 fully saturated rings. The van der Waals surface area contributed by atoms with Crippen molar-refractivity contribution in [1.82, 2.24) is 4.90 Å². The molecular weight excluding hydrogens is 388 g/mol. The van der Waals surface area contributed by atoms with Crippen LogP contribution in [0.25, 0.3) is 6.08 Å². The second-order valence-corrected chi connectivity index (χ2v) is 6.58. The summed E-state index contributed by atoms with van der Waals surface area (Å²) < 4.78 is 9.88. The molecule has 1 aliphatic rings. The highest BCUT2D eigenvalue weighted by Crippen LogP contribution is 2.34. The number of amides is 1. The molecule has 1 heterocycles. The largest absolute Gasteiger partial charge is 0.490 e. The SMILES string of the molecule is COC(=O)C1=C(C)N(Cc2ccccc2)C(=O)/C1=C\c1ccc(OC)c([N+](=O)[O-])c1. The van der Waals surface area contributed by atoms with Gasteiger partial charge in [-0.15, -0.1) is 0 Å². The van der Waals surface area contributed by atoms with E-state index >= 15 is 0 Å². The Morgan fingerprint density at radius 3 is 2.47 bits per heavy atom. The lowest BCUT2D eigenvalue weighted by molar-refractivity contribution is -0.385. The van der Waals surface area contributed by atoms with E-state index in [9.17, 15) is 19.7 Å². The molecule has 1 aliphatic heterocycles. The summed E-state index contributed by atoms with van der Waals surface area (Å²) in [4.78, 5) is 37.8. The van der Waals surface area contributed by atoms with Crippen molar-refractivity contribution < 1.29 is 24.0 Å². The van der Waals surface area contributed by atoms with Gasteiger partial charge in [-0.05, 0) is 30.2 Å². The van der Waals surface area contributed by atoms with Crippen molar-refractivity contribution in [3.05, 3.63) is 86.6 Å². The first-order chi connectivity index (χ1) is 14.4. The number of ether oxygens (including phenoxy) is 2. The fraction of sp³-hybridized carbons (Fsp3) is 0.182. The molecule has 0 atom stereocenters. The summed E-state index contributed by atoms with van der Waals surface area (Å²) in [5.74, 6) is -0.925. The normalized spacial score (nSPS) is 15.0. The molecule has 0 saturated heterocycles. The number of allylic oxidation sites excluding steroid dienone is 1. The molecule has 0 aromatic heterocycles. The third kappa shape index (κ3) is 3.93. The van der Waals surface area contributed by atoms with Crippen LogP contribution in [-0.4, -0.2) is 35.9 Å². The maximum absolute atomic E-state index is 13.1. The molecule has 2 aromatic carbocycles. The number of rotatable bonds is 6. The number of methoxy groups -OCH3 is 2. The van der Waals surface area contributed by atoms with Gasteiger partial charge in [-0.1, -0.05) is 36.4 Å². The molecule has 30 heavy (non-hydrogen) atoms. The zero-order chi connectivity index (χ0) is 21.8. The molecule has 1 amide bonds. The van der Waals surface area contributed by atoms with Crippen molar-refractivity contribution >= 4 is 23.6 Å². The van der Waals surface area contributed by atoms with Crippen molar-refractivity contribution in [2.45, 2.75) is 13.5 Å². The number of hydrogen-bond donors (Lipinski definition) is 0. The molecule has 0 aliphatic carbocycles. The zero-order valence-corrected chi connectivity index (χ0v) is 16.7. The first-order valence-corrected chi connectivity index (χ1v) is 9.06. The van der Waals surface area contributed by atoms with Crippen molar-refractivity contribution in [3.8, 4) is 5.75 Å². The van der Waals surface area contributed by atoms with Gasteiger partial charge in [-0.2, -0.15) is 0 Å². The molecule has 0 radical (unpaired) electrons. The monoisotopic (exact) mass is 408 g/mol. The Kier molecular flexibility index (Phi) is 5.96. The van der Waals surface area contributed by atoms with Crippen LogP contribution in [0.5, 0.6) is 5.75 Å². The topological polar surface area (TPSA) is 99.0 Å². The van der Waals surface area contributed by atoms with Gasteiger partial charge in [0.1, 0.15) is 0 Å². The molecule has 0 saturated carbocycles. The molecule has 2 aromatic rings. The molecule has 8 nitrogen and oxygen atoms in total. The minimum Gasteiger partial charge on any atom is -0.490 e. The Labute approximate surface area is 173 Å². The molecule has 0 unspecified atom stereocenters. The smallest absolute Gasteiger partial charge is 0.340 e. The van der Waals surface area contributed by atoms with Crippen molar-refractivity contribution in [2.75, 3.05) is 14.2 Å². The first kappa shape index (κ1) is 20.8. The number of carbonyl (C=O) groups is 2. The zero-order valence-electron chi connectivity index (χ0n) is 16.7. The molecule has 0 bridgehead atoms. The number of nitro groups is 1. The van der Waals surface area contributed by atoms with Gasteiger partial charge in [-0.3, -0.25) is 14.9 Å². The van der Waals surface area contributed by atoms with E-state index in [0.717, 1.165) is 5.56 Å². The van der Waals surface area contributed by atoms with Crippen LogP contribution in [0.1, 0.15) is 18.1 Å². The highest BCUT2D eigenvalue weighted by Gasteiger charge is 2.37. The van der Waals surface area contributed by atoms with Crippen LogP contribution >= 0.6 is 0 Å². The minimum atomic E-state index is -0.648. The maximum atomic E-state index is 13.1. The lowest BCUT2D eigenvalue weighted by atomic mass is 10.0. The van der Waals surface area contributed by atoms with Crippen LogP contribution < -0.4 is 4.74 Å². The molecule has 8 heteroatoms. The van der Waals surface area contributed by atoms with Crippen molar-refractivity contribution in [3.63, 3.8) is 0 Å². The second-order valence-electron chi connectivity index (χ2n) is 6.58. The molecule has 0 spiro atoms. The number of nitro benzene ring substituents is 1. The van der Waals surface area contributed by atoms with E-state index in [1.165, 1.54) is 37.3 Å². The quantitative estimate of drug-likeness (QED) is 0.314. The lowest BCUT2D eigenvalue weighted by Gasteiger charge is -2.17. The van der Waals surface area contributed by atoms with Crippen LogP contribution in [0.2, 0.25) is 0 Å². The van der Waals surface area contributed by atoms with Gasteiger partial charge < -0.3 is 14.4 Å². The van der Waals surface area contributed by atoms with E-state index in [1.807, 2.05) is 30.3 Å². The van der Waals surface area contributed by atoms with E-state index in [2.05, 4.69) is 0 Å². The van der Waals surface area contributed by atoms with E-state index in [4.69, 9.17) is 9.47 Å². The van der Waals surface area contributed by atoms with E-state index in [1.54, 1.807) is 13.0 Å². The summed E-state index contributed by atoms with van der Waals surface area (Å²) in [5.41, 5.74) is 1.77. The highest BCUT2D eigenvalue weighted by molar-refractivity contribution is 6.16. The fourth-order valence-corrected chi connectivity index (χ4v) is 3.29. The van der Waals surface area contributed by atoms with Gasteiger partial charge in [0.2, 0.25) is 0 Å². The van der Waals surface area contributed by atoms with Crippen LogP contribution in [0, 0.1) is 10.1 Å². The summed E-state index contributed by atoms with van der Waals surface area (Å²) in [6.07, 6.45) is 1.45. The molecule has 154 valence electrons. The first-order valence-electron chi connectivity index (χ1n) is 9.06. The Bertz CT molecular complexity index is 1070. The molecule has 3 rings (SSSR count).